The van der Waals surface area contributed by atoms with Gasteiger partial charge in [-0.2, -0.15) is 0 Å². The summed E-state index contributed by atoms with van der Waals surface area (Å²) < 4.78 is 0. The van der Waals surface area contributed by atoms with Crippen molar-refractivity contribution in [1.82, 2.24) is 25.9 Å². The first-order valence-corrected chi connectivity index (χ1v) is 11.5. The fourth-order valence-electron chi connectivity index (χ4n) is 3.41. The molecular weight excluding hydrogens is 452 g/mol. The maximum atomic E-state index is 13.3. The van der Waals surface area contributed by atoms with E-state index in [1.807, 2.05) is 44.2 Å². The lowest BCUT2D eigenvalue weighted by Gasteiger charge is -2.25. The highest BCUT2D eigenvalue weighted by Crippen LogP contribution is 2.09. The van der Waals surface area contributed by atoms with E-state index in [-0.39, 0.29) is 25.2 Å². The second kappa shape index (κ2) is 13.2. The van der Waals surface area contributed by atoms with E-state index >= 15 is 0 Å². The summed E-state index contributed by atoms with van der Waals surface area (Å²) in [4.78, 5) is 56.7. The molecule has 0 bridgehead atoms. The topological polar surface area (TPSA) is 179 Å². The standard InChI is InChI=1S/C24H34N6O5/c1-14(2)9-19(22(32)28-15(3)24(34)35)30-23(33)20(10-16-7-5-4-6-8-16)29-21(31)18(25)11-17-12-26-13-27-17/h4-8,12-15,18-20H,9-11,25H2,1-3H3,(H,26,27)(H,28,32)(H,29,31)(H,30,33)(H,34,35). The Balaban J connectivity index is 2.17. The average Bonchev–Trinajstić information content (AvgIpc) is 3.31. The number of aromatic amines is 1. The summed E-state index contributed by atoms with van der Waals surface area (Å²) in [6.45, 7) is 5.10. The molecule has 1 heterocycles. The quantitative estimate of drug-likeness (QED) is 0.233. The van der Waals surface area contributed by atoms with Crippen LogP contribution in [0.4, 0.5) is 0 Å². The minimum Gasteiger partial charge on any atom is -0.480 e. The Morgan fingerprint density at radius 1 is 0.943 bits per heavy atom. The summed E-state index contributed by atoms with van der Waals surface area (Å²) >= 11 is 0. The van der Waals surface area contributed by atoms with E-state index in [0.29, 0.717) is 5.69 Å². The van der Waals surface area contributed by atoms with Crippen LogP contribution in [0.3, 0.4) is 0 Å². The molecule has 0 spiro atoms. The van der Waals surface area contributed by atoms with Crippen LogP contribution >= 0.6 is 0 Å². The first-order chi connectivity index (χ1) is 16.6. The van der Waals surface area contributed by atoms with Crippen molar-refractivity contribution in [2.45, 2.75) is 64.2 Å². The molecule has 1 aromatic carbocycles. The number of nitrogens with one attached hydrogen (secondary N) is 4. The van der Waals surface area contributed by atoms with Gasteiger partial charge in [0.05, 0.1) is 12.4 Å². The molecule has 0 aliphatic carbocycles. The zero-order chi connectivity index (χ0) is 26.0. The van der Waals surface area contributed by atoms with Crippen LogP contribution in [0.1, 0.15) is 38.4 Å². The number of aromatic nitrogens is 2. The van der Waals surface area contributed by atoms with Gasteiger partial charge in [-0.3, -0.25) is 19.2 Å². The van der Waals surface area contributed by atoms with Crippen LogP contribution in [-0.4, -0.2) is 62.9 Å². The van der Waals surface area contributed by atoms with E-state index in [2.05, 4.69) is 25.9 Å². The van der Waals surface area contributed by atoms with Crippen molar-refractivity contribution in [3.05, 3.63) is 54.1 Å². The molecule has 11 heteroatoms. The third-order valence-corrected chi connectivity index (χ3v) is 5.32. The predicted molar refractivity (Wildman–Crippen MR) is 129 cm³/mol. The van der Waals surface area contributed by atoms with Gasteiger partial charge in [0.15, 0.2) is 0 Å². The van der Waals surface area contributed by atoms with E-state index in [0.717, 1.165) is 5.56 Å². The Hall–Kier alpha value is -3.73. The van der Waals surface area contributed by atoms with Gasteiger partial charge in [0, 0.05) is 24.7 Å². The van der Waals surface area contributed by atoms with Crippen molar-refractivity contribution in [3.63, 3.8) is 0 Å². The van der Waals surface area contributed by atoms with Crippen molar-refractivity contribution >= 4 is 23.7 Å². The van der Waals surface area contributed by atoms with Crippen molar-refractivity contribution < 1.29 is 24.3 Å². The average molecular weight is 487 g/mol. The van der Waals surface area contributed by atoms with Crippen molar-refractivity contribution in [2.24, 2.45) is 11.7 Å². The number of nitrogens with zero attached hydrogens (tertiary/aromatic N) is 1. The number of benzene rings is 1. The molecular formula is C24H34N6O5. The molecule has 7 N–H and O–H groups in total. The maximum absolute atomic E-state index is 13.3. The van der Waals surface area contributed by atoms with E-state index in [4.69, 9.17) is 10.8 Å². The Morgan fingerprint density at radius 3 is 2.14 bits per heavy atom. The molecule has 4 unspecified atom stereocenters. The van der Waals surface area contributed by atoms with Gasteiger partial charge >= 0.3 is 5.97 Å². The third kappa shape index (κ3) is 9.20. The number of aliphatic carboxylic acids is 1. The maximum Gasteiger partial charge on any atom is 0.325 e. The number of carbonyl (C=O) groups excluding carboxylic acids is 3. The number of H-pyrrole nitrogens is 1. The van der Waals surface area contributed by atoms with Gasteiger partial charge in [-0.05, 0) is 24.8 Å². The van der Waals surface area contributed by atoms with E-state index < -0.39 is 47.9 Å². The second-order valence-electron chi connectivity index (χ2n) is 8.90. The zero-order valence-corrected chi connectivity index (χ0v) is 20.2. The van der Waals surface area contributed by atoms with Gasteiger partial charge in [-0.15, -0.1) is 0 Å². The number of carboxylic acid groups (broad SMARTS) is 1. The Morgan fingerprint density at radius 2 is 1.57 bits per heavy atom. The Kier molecular flexibility index (Phi) is 10.4. The number of imidazole rings is 1. The number of nitrogens with two attached hydrogens (primary N) is 1. The van der Waals surface area contributed by atoms with Gasteiger partial charge in [0.25, 0.3) is 0 Å². The smallest absolute Gasteiger partial charge is 0.325 e. The van der Waals surface area contributed by atoms with Crippen molar-refractivity contribution in [3.8, 4) is 0 Å². The number of rotatable bonds is 13. The van der Waals surface area contributed by atoms with E-state index in [9.17, 15) is 19.2 Å². The van der Waals surface area contributed by atoms with Crippen molar-refractivity contribution in [2.75, 3.05) is 0 Å². The molecule has 0 radical (unpaired) electrons. The molecule has 35 heavy (non-hydrogen) atoms. The molecule has 2 aromatic rings. The van der Waals surface area contributed by atoms with Crippen LogP contribution in [0.25, 0.3) is 0 Å². The highest BCUT2D eigenvalue weighted by molar-refractivity contribution is 5.94. The van der Waals surface area contributed by atoms with Gasteiger partial charge in [0.1, 0.15) is 18.1 Å². The molecule has 4 atom stereocenters. The summed E-state index contributed by atoms with van der Waals surface area (Å²) in [6.07, 6.45) is 3.72. The molecule has 0 fully saturated rings. The van der Waals surface area contributed by atoms with E-state index in [1.54, 1.807) is 6.20 Å². The summed E-state index contributed by atoms with van der Waals surface area (Å²) in [5.41, 5.74) is 7.52. The zero-order valence-electron chi connectivity index (χ0n) is 20.2. The Bertz CT molecular complexity index is 980. The highest BCUT2D eigenvalue weighted by atomic mass is 16.4. The largest absolute Gasteiger partial charge is 0.480 e. The molecule has 0 aliphatic heterocycles. The molecule has 11 nitrogen and oxygen atoms in total. The van der Waals surface area contributed by atoms with Crippen LogP contribution in [0.15, 0.2) is 42.9 Å². The lowest BCUT2D eigenvalue weighted by molar-refractivity contribution is -0.141. The first-order valence-electron chi connectivity index (χ1n) is 11.5. The molecule has 2 rings (SSSR count). The van der Waals surface area contributed by atoms with Crippen LogP contribution in [0, 0.1) is 5.92 Å². The van der Waals surface area contributed by atoms with Crippen LogP contribution in [0.5, 0.6) is 0 Å². The molecule has 1 aromatic heterocycles. The minimum absolute atomic E-state index is 0.0381. The number of amides is 3. The van der Waals surface area contributed by atoms with Gasteiger partial charge in [-0.25, -0.2) is 4.98 Å². The minimum atomic E-state index is -1.19. The third-order valence-electron chi connectivity index (χ3n) is 5.32. The van der Waals surface area contributed by atoms with Crippen LogP contribution < -0.4 is 21.7 Å². The first kappa shape index (κ1) is 27.5. The monoisotopic (exact) mass is 486 g/mol. The lowest BCUT2D eigenvalue weighted by Crippen LogP contribution is -2.57. The number of hydrogen-bond donors (Lipinski definition) is 6. The summed E-state index contributed by atoms with van der Waals surface area (Å²) in [5.74, 6) is -2.85. The fraction of sp³-hybridized carbons (Fsp3) is 0.458. The number of carbonyl (C=O) groups is 4. The van der Waals surface area contributed by atoms with Gasteiger partial charge < -0.3 is 31.8 Å². The molecule has 3 amide bonds. The number of carboxylic acids is 1. The predicted octanol–water partition coefficient (Wildman–Crippen LogP) is 0.127. The molecule has 190 valence electrons. The van der Waals surface area contributed by atoms with Crippen molar-refractivity contribution in [1.29, 1.82) is 0 Å². The van der Waals surface area contributed by atoms with Crippen LogP contribution in [0.2, 0.25) is 0 Å². The molecule has 0 aliphatic rings. The Labute approximate surface area is 204 Å². The van der Waals surface area contributed by atoms with E-state index in [1.165, 1.54) is 13.3 Å². The summed E-state index contributed by atoms with van der Waals surface area (Å²) in [5, 5.41) is 16.9. The summed E-state index contributed by atoms with van der Waals surface area (Å²) in [6, 6.07) is 5.10. The SMILES string of the molecule is CC(C)CC(NC(=O)C(Cc1ccccc1)NC(=O)C(N)Cc1cnc[nH]1)C(=O)NC(C)C(=O)O. The van der Waals surface area contributed by atoms with Gasteiger partial charge in [0.2, 0.25) is 17.7 Å². The normalized spacial score (nSPS) is 14.4. The summed E-state index contributed by atoms with van der Waals surface area (Å²) in [7, 11) is 0. The number of hydrogen-bond acceptors (Lipinski definition) is 6. The highest BCUT2D eigenvalue weighted by Gasteiger charge is 2.30. The fourth-order valence-corrected chi connectivity index (χ4v) is 3.41. The lowest BCUT2D eigenvalue weighted by atomic mass is 10.0. The van der Waals surface area contributed by atoms with Crippen LogP contribution in [-0.2, 0) is 32.0 Å². The molecule has 0 saturated heterocycles. The van der Waals surface area contributed by atoms with Gasteiger partial charge in [-0.1, -0.05) is 44.2 Å². The second-order valence-corrected chi connectivity index (χ2v) is 8.90. The molecule has 0 saturated carbocycles.